The molecule has 0 aliphatic carbocycles. The summed E-state index contributed by atoms with van der Waals surface area (Å²) < 4.78 is 1.39. The predicted molar refractivity (Wildman–Crippen MR) is 57.4 cm³/mol. The van der Waals surface area contributed by atoms with Gasteiger partial charge in [-0.1, -0.05) is 0 Å². The van der Waals surface area contributed by atoms with E-state index in [1.165, 1.54) is 29.1 Å². The van der Waals surface area contributed by atoms with Crippen molar-refractivity contribution < 1.29 is 19.4 Å². The summed E-state index contributed by atoms with van der Waals surface area (Å²) in [5.74, 6) is 0. The second-order valence-electron chi connectivity index (χ2n) is 3.29. The van der Waals surface area contributed by atoms with Gasteiger partial charge in [-0.05, 0) is 0 Å². The van der Waals surface area contributed by atoms with Crippen LogP contribution in [0.15, 0.2) is 37.1 Å². The number of hydrogen-bond acceptors (Lipinski definition) is 2. The Kier molecular flexibility index (Phi) is 4.50. The van der Waals surface area contributed by atoms with Gasteiger partial charge >= 0.3 is 96.9 Å². The van der Waals surface area contributed by atoms with Crippen molar-refractivity contribution in [3.63, 3.8) is 0 Å². The molecule has 0 radical (unpaired) electrons. The van der Waals surface area contributed by atoms with Crippen LogP contribution in [0.1, 0.15) is 6.92 Å². The summed E-state index contributed by atoms with van der Waals surface area (Å²) >= 11 is 1.51. The van der Waals surface area contributed by atoms with Gasteiger partial charge in [0.15, 0.2) is 0 Å². The van der Waals surface area contributed by atoms with E-state index in [-0.39, 0.29) is 0 Å². The molecule has 0 spiro atoms. The molecule has 0 amide bonds. The fourth-order valence-electron chi connectivity index (χ4n) is 1.41. The van der Waals surface area contributed by atoms with E-state index in [1.54, 1.807) is 0 Å². The van der Waals surface area contributed by atoms with Crippen LogP contribution < -0.4 is 0 Å². The van der Waals surface area contributed by atoms with Crippen molar-refractivity contribution in [3.8, 4) is 0 Å². The summed E-state index contributed by atoms with van der Waals surface area (Å²) in [4.78, 5) is 4.64. The Morgan fingerprint density at radius 3 is 2.50 bits per heavy atom. The summed E-state index contributed by atoms with van der Waals surface area (Å²) in [6.07, 6.45) is 6.13. The molecule has 0 atom stereocenters. The zero-order valence-electron chi connectivity index (χ0n) is 8.57. The fourth-order valence-corrected chi connectivity index (χ4v) is 2.50. The SMILES string of the molecule is C=CCN1CN(CC=C)C(C)=C[C]1=[W]. The minimum absolute atomic E-state index is 0.915. The van der Waals surface area contributed by atoms with Gasteiger partial charge in [0.1, 0.15) is 0 Å². The van der Waals surface area contributed by atoms with Crippen LogP contribution in [0.25, 0.3) is 0 Å². The maximum atomic E-state index is 3.77. The molecule has 0 bridgehead atoms. The zero-order valence-corrected chi connectivity index (χ0v) is 11.5. The quantitative estimate of drug-likeness (QED) is 0.702. The van der Waals surface area contributed by atoms with E-state index in [9.17, 15) is 0 Å². The first-order valence-corrected chi connectivity index (χ1v) is 6.09. The first-order chi connectivity index (χ1) is 6.69. The molecule has 0 saturated heterocycles. The molecular formula is C11H16N2W. The van der Waals surface area contributed by atoms with Crippen molar-refractivity contribution in [1.29, 1.82) is 0 Å². The average molecular weight is 360 g/mol. The molecule has 0 fully saturated rings. The second kappa shape index (κ2) is 5.43. The van der Waals surface area contributed by atoms with Gasteiger partial charge in [0.05, 0.1) is 0 Å². The first kappa shape index (κ1) is 11.6. The molecule has 0 N–H and O–H groups in total. The summed E-state index contributed by atoms with van der Waals surface area (Å²) in [5, 5.41) is 0. The van der Waals surface area contributed by atoms with Crippen LogP contribution >= 0.6 is 0 Å². The molecule has 1 rings (SSSR count). The number of hydrogen-bond donors (Lipinski definition) is 0. The molecule has 0 aromatic heterocycles. The van der Waals surface area contributed by atoms with Crippen LogP contribution in [0.5, 0.6) is 0 Å². The summed E-state index contributed by atoms with van der Waals surface area (Å²) in [7, 11) is 0. The fraction of sp³-hybridized carbons (Fsp3) is 0.364. The van der Waals surface area contributed by atoms with Gasteiger partial charge in [0.25, 0.3) is 0 Å². The van der Waals surface area contributed by atoms with Gasteiger partial charge < -0.3 is 0 Å². The molecule has 1 aliphatic heterocycles. The van der Waals surface area contributed by atoms with Crippen LogP contribution in [-0.4, -0.2) is 33.6 Å². The average Bonchev–Trinajstić information content (AvgIpc) is 2.14. The Balaban J connectivity index is 2.74. The van der Waals surface area contributed by atoms with E-state index >= 15 is 0 Å². The third-order valence-corrected chi connectivity index (χ3v) is 3.53. The number of allylic oxidation sites excluding steroid dienone is 1. The van der Waals surface area contributed by atoms with Crippen molar-refractivity contribution in [2.45, 2.75) is 6.92 Å². The van der Waals surface area contributed by atoms with Crippen LogP contribution in [0.3, 0.4) is 0 Å². The topological polar surface area (TPSA) is 6.48 Å². The van der Waals surface area contributed by atoms with Crippen molar-refractivity contribution in [1.82, 2.24) is 9.80 Å². The van der Waals surface area contributed by atoms with E-state index < -0.39 is 0 Å². The molecule has 3 heteroatoms. The standard InChI is InChI=1S/C11H16N2.W/c1-4-7-12-9-6-11(3)13(10-12)8-5-2;/h4-6H,1-2,7-8,10H2,3H3;. The first-order valence-electron chi connectivity index (χ1n) is 4.63. The summed E-state index contributed by atoms with van der Waals surface area (Å²) in [6, 6.07) is 0. The Labute approximate surface area is 97.0 Å². The predicted octanol–water partition coefficient (Wildman–Crippen LogP) is 1.51. The monoisotopic (exact) mass is 360 g/mol. The van der Waals surface area contributed by atoms with E-state index in [1.807, 2.05) is 12.2 Å². The molecule has 76 valence electrons. The molecule has 2 nitrogen and oxygen atoms in total. The van der Waals surface area contributed by atoms with E-state index in [0.717, 1.165) is 19.8 Å². The van der Waals surface area contributed by atoms with Crippen molar-refractivity contribution in [2.75, 3.05) is 19.8 Å². The van der Waals surface area contributed by atoms with E-state index in [0.29, 0.717) is 0 Å². The van der Waals surface area contributed by atoms with Gasteiger partial charge in [-0.2, -0.15) is 0 Å². The zero-order chi connectivity index (χ0) is 10.6. The number of nitrogens with zero attached hydrogens (tertiary/aromatic N) is 2. The van der Waals surface area contributed by atoms with Gasteiger partial charge in [0, 0.05) is 0 Å². The summed E-state index contributed by atoms with van der Waals surface area (Å²) in [5.41, 5.74) is 1.33. The van der Waals surface area contributed by atoms with Crippen LogP contribution in [0.4, 0.5) is 0 Å². The molecule has 0 unspecified atom stereocenters. The molecule has 0 aromatic carbocycles. The van der Waals surface area contributed by atoms with Crippen LogP contribution in [-0.2, 0) is 19.4 Å². The summed E-state index contributed by atoms with van der Waals surface area (Å²) in [6.45, 7) is 12.5. The number of rotatable bonds is 4. The minimum atomic E-state index is 0.915. The van der Waals surface area contributed by atoms with Gasteiger partial charge in [-0.15, -0.1) is 0 Å². The molecule has 1 heterocycles. The molecule has 14 heavy (non-hydrogen) atoms. The normalized spacial score (nSPS) is 17.9. The Bertz CT molecular complexity index is 281. The Hall–Kier alpha value is -0.462. The molecule has 0 saturated carbocycles. The third-order valence-electron chi connectivity index (χ3n) is 2.18. The Morgan fingerprint density at radius 1 is 1.36 bits per heavy atom. The molecule has 1 aliphatic rings. The third kappa shape index (κ3) is 2.76. The van der Waals surface area contributed by atoms with Crippen molar-refractivity contribution in [3.05, 3.63) is 37.1 Å². The second-order valence-corrected chi connectivity index (χ2v) is 4.79. The van der Waals surface area contributed by atoms with Crippen molar-refractivity contribution in [2.24, 2.45) is 0 Å². The van der Waals surface area contributed by atoms with Gasteiger partial charge in [-0.3, -0.25) is 0 Å². The molecule has 0 aromatic rings. The van der Waals surface area contributed by atoms with Gasteiger partial charge in [-0.25, -0.2) is 0 Å². The Morgan fingerprint density at radius 2 is 1.93 bits per heavy atom. The van der Waals surface area contributed by atoms with Gasteiger partial charge in [0.2, 0.25) is 0 Å². The van der Waals surface area contributed by atoms with E-state index in [2.05, 4.69) is 36.0 Å². The van der Waals surface area contributed by atoms with Crippen LogP contribution in [0, 0.1) is 0 Å². The molecular weight excluding hydrogens is 344 g/mol. The van der Waals surface area contributed by atoms with Crippen LogP contribution in [0.2, 0.25) is 0 Å². The maximum absolute atomic E-state index is 3.77. The van der Waals surface area contributed by atoms with E-state index in [4.69, 9.17) is 0 Å². The van der Waals surface area contributed by atoms with Crippen molar-refractivity contribution >= 4 is 4.02 Å².